The van der Waals surface area contributed by atoms with Crippen molar-refractivity contribution in [2.45, 2.75) is 32.4 Å². The Bertz CT molecular complexity index is 750. The number of hydrogen-bond donors (Lipinski definition) is 2. The van der Waals surface area contributed by atoms with Crippen molar-refractivity contribution in [1.29, 1.82) is 0 Å². The van der Waals surface area contributed by atoms with Crippen LogP contribution >= 0.6 is 0 Å². The van der Waals surface area contributed by atoms with Crippen molar-refractivity contribution in [2.75, 3.05) is 13.2 Å². The van der Waals surface area contributed by atoms with E-state index < -0.39 is 0 Å². The molecule has 0 aliphatic carbocycles. The molecule has 1 aliphatic rings. The van der Waals surface area contributed by atoms with Gasteiger partial charge < -0.3 is 15.4 Å². The van der Waals surface area contributed by atoms with Crippen LogP contribution in [0.5, 0.6) is 0 Å². The van der Waals surface area contributed by atoms with Crippen molar-refractivity contribution >= 4 is 11.8 Å². The summed E-state index contributed by atoms with van der Waals surface area (Å²) in [5.41, 5.74) is 2.11. The van der Waals surface area contributed by atoms with Gasteiger partial charge in [-0.15, -0.1) is 0 Å². The van der Waals surface area contributed by atoms with E-state index >= 15 is 0 Å². The zero-order chi connectivity index (χ0) is 17.6. The molecule has 7 nitrogen and oxygen atoms in total. The first-order valence-electron chi connectivity index (χ1n) is 8.40. The van der Waals surface area contributed by atoms with E-state index in [-0.39, 0.29) is 17.9 Å². The summed E-state index contributed by atoms with van der Waals surface area (Å²) in [6.45, 7) is 3.16. The van der Waals surface area contributed by atoms with Crippen LogP contribution in [0, 0.1) is 0 Å². The van der Waals surface area contributed by atoms with Crippen molar-refractivity contribution in [1.82, 2.24) is 20.4 Å². The molecule has 132 valence electrons. The standard InChI is InChI=1S/C18H22N4O3/c1-13(23)19-9-14-10-21-22(12-14)17-7-3-2-6-16(17)18(24)20-11-15-5-4-8-25-15/h2-3,6-7,10,12,15H,4-5,8-9,11H2,1H3,(H,19,23)(H,20,24). The molecule has 1 saturated heterocycles. The normalized spacial score (nSPS) is 16.6. The van der Waals surface area contributed by atoms with Crippen LogP contribution < -0.4 is 10.6 Å². The van der Waals surface area contributed by atoms with Crippen LogP contribution in [0.25, 0.3) is 5.69 Å². The van der Waals surface area contributed by atoms with Crippen LogP contribution in [0.4, 0.5) is 0 Å². The molecule has 0 radical (unpaired) electrons. The Morgan fingerprint density at radius 1 is 1.32 bits per heavy atom. The molecular formula is C18H22N4O3. The van der Waals surface area contributed by atoms with Gasteiger partial charge in [-0.05, 0) is 25.0 Å². The summed E-state index contributed by atoms with van der Waals surface area (Å²) in [6.07, 6.45) is 5.61. The van der Waals surface area contributed by atoms with Gasteiger partial charge in [-0.3, -0.25) is 9.59 Å². The van der Waals surface area contributed by atoms with Gasteiger partial charge in [0.15, 0.2) is 0 Å². The maximum absolute atomic E-state index is 12.6. The molecule has 1 unspecified atom stereocenters. The average molecular weight is 342 g/mol. The maximum atomic E-state index is 12.6. The summed E-state index contributed by atoms with van der Waals surface area (Å²) in [4.78, 5) is 23.6. The second kappa shape index (κ2) is 7.94. The zero-order valence-electron chi connectivity index (χ0n) is 14.2. The van der Waals surface area contributed by atoms with E-state index in [1.165, 1.54) is 6.92 Å². The smallest absolute Gasteiger partial charge is 0.253 e. The third-order valence-corrected chi connectivity index (χ3v) is 4.09. The van der Waals surface area contributed by atoms with Gasteiger partial charge in [-0.25, -0.2) is 4.68 Å². The molecule has 0 bridgehead atoms. The lowest BCUT2D eigenvalue weighted by atomic mass is 10.1. The van der Waals surface area contributed by atoms with Crippen molar-refractivity contribution in [3.8, 4) is 5.69 Å². The number of para-hydroxylation sites is 1. The molecular weight excluding hydrogens is 320 g/mol. The molecule has 2 aromatic rings. The highest BCUT2D eigenvalue weighted by Crippen LogP contribution is 2.16. The Balaban J connectivity index is 1.71. The van der Waals surface area contributed by atoms with Crippen LogP contribution in [-0.2, 0) is 16.1 Å². The number of rotatable bonds is 6. The molecule has 1 fully saturated rings. The van der Waals surface area contributed by atoms with Gasteiger partial charge in [-0.2, -0.15) is 5.10 Å². The second-order valence-corrected chi connectivity index (χ2v) is 6.07. The minimum absolute atomic E-state index is 0.0957. The lowest BCUT2D eigenvalue weighted by Gasteiger charge is -2.13. The minimum Gasteiger partial charge on any atom is -0.376 e. The molecule has 2 amide bonds. The van der Waals surface area contributed by atoms with Crippen molar-refractivity contribution in [2.24, 2.45) is 0 Å². The SMILES string of the molecule is CC(=O)NCc1cnn(-c2ccccc2C(=O)NCC2CCCO2)c1. The summed E-state index contributed by atoms with van der Waals surface area (Å²) in [5.74, 6) is -0.244. The molecule has 2 N–H and O–H groups in total. The number of ether oxygens (including phenoxy) is 1. The van der Waals surface area contributed by atoms with Gasteiger partial charge in [0.2, 0.25) is 5.91 Å². The summed E-state index contributed by atoms with van der Waals surface area (Å²) >= 11 is 0. The average Bonchev–Trinajstić information content (AvgIpc) is 3.29. The monoisotopic (exact) mass is 342 g/mol. The molecule has 1 aromatic heterocycles. The molecule has 1 aliphatic heterocycles. The van der Waals surface area contributed by atoms with Crippen molar-refractivity contribution in [3.05, 3.63) is 47.8 Å². The number of nitrogens with one attached hydrogen (secondary N) is 2. The van der Waals surface area contributed by atoms with Gasteiger partial charge in [0, 0.05) is 38.4 Å². The van der Waals surface area contributed by atoms with Gasteiger partial charge >= 0.3 is 0 Å². The summed E-state index contributed by atoms with van der Waals surface area (Å²) in [6, 6.07) is 7.30. The fourth-order valence-electron chi connectivity index (χ4n) is 2.78. The Kier molecular flexibility index (Phi) is 5.45. The second-order valence-electron chi connectivity index (χ2n) is 6.07. The first kappa shape index (κ1) is 17.2. The van der Waals surface area contributed by atoms with Crippen LogP contribution in [0.2, 0.25) is 0 Å². The lowest BCUT2D eigenvalue weighted by molar-refractivity contribution is -0.119. The Labute approximate surface area is 146 Å². The van der Waals surface area contributed by atoms with E-state index in [9.17, 15) is 9.59 Å². The predicted octanol–water partition coefficient (Wildman–Crippen LogP) is 1.42. The van der Waals surface area contributed by atoms with E-state index in [0.717, 1.165) is 25.0 Å². The number of carbonyl (C=O) groups excluding carboxylic acids is 2. The molecule has 2 heterocycles. The molecule has 1 atom stereocenters. The van der Waals surface area contributed by atoms with Gasteiger partial charge in [0.25, 0.3) is 5.91 Å². The molecule has 7 heteroatoms. The van der Waals surface area contributed by atoms with Gasteiger partial charge in [0.05, 0.1) is 23.6 Å². The fourth-order valence-corrected chi connectivity index (χ4v) is 2.78. The first-order chi connectivity index (χ1) is 12.1. The molecule has 25 heavy (non-hydrogen) atoms. The molecule has 1 aromatic carbocycles. The van der Waals surface area contributed by atoms with E-state index in [2.05, 4.69) is 15.7 Å². The van der Waals surface area contributed by atoms with Crippen LogP contribution in [0.3, 0.4) is 0 Å². The maximum Gasteiger partial charge on any atom is 0.253 e. The predicted molar refractivity (Wildman–Crippen MR) is 92.4 cm³/mol. The zero-order valence-corrected chi connectivity index (χ0v) is 14.2. The highest BCUT2D eigenvalue weighted by Gasteiger charge is 2.18. The van der Waals surface area contributed by atoms with E-state index in [0.29, 0.717) is 24.3 Å². The molecule has 0 saturated carbocycles. The van der Waals surface area contributed by atoms with Crippen LogP contribution in [0.1, 0.15) is 35.7 Å². The first-order valence-corrected chi connectivity index (χ1v) is 8.40. The summed E-state index contributed by atoms with van der Waals surface area (Å²) in [7, 11) is 0. The highest BCUT2D eigenvalue weighted by atomic mass is 16.5. The lowest BCUT2D eigenvalue weighted by Crippen LogP contribution is -2.32. The number of nitrogens with zero attached hydrogens (tertiary/aromatic N) is 2. The van der Waals surface area contributed by atoms with E-state index in [1.807, 2.05) is 24.4 Å². The summed E-state index contributed by atoms with van der Waals surface area (Å²) in [5, 5.41) is 9.97. The topological polar surface area (TPSA) is 85.2 Å². The minimum atomic E-state index is -0.148. The molecule has 0 spiro atoms. The Morgan fingerprint density at radius 3 is 2.92 bits per heavy atom. The third-order valence-electron chi connectivity index (χ3n) is 4.09. The fraction of sp³-hybridized carbons (Fsp3) is 0.389. The number of benzene rings is 1. The molecule has 3 rings (SSSR count). The van der Waals surface area contributed by atoms with E-state index in [1.54, 1.807) is 16.9 Å². The Morgan fingerprint density at radius 2 is 2.16 bits per heavy atom. The van der Waals surface area contributed by atoms with Crippen LogP contribution in [0.15, 0.2) is 36.7 Å². The van der Waals surface area contributed by atoms with Crippen molar-refractivity contribution < 1.29 is 14.3 Å². The van der Waals surface area contributed by atoms with Crippen molar-refractivity contribution in [3.63, 3.8) is 0 Å². The van der Waals surface area contributed by atoms with Crippen LogP contribution in [-0.4, -0.2) is 40.9 Å². The van der Waals surface area contributed by atoms with Gasteiger partial charge in [0.1, 0.15) is 0 Å². The number of amides is 2. The van der Waals surface area contributed by atoms with Gasteiger partial charge in [-0.1, -0.05) is 12.1 Å². The number of aromatic nitrogens is 2. The largest absolute Gasteiger partial charge is 0.376 e. The Hall–Kier alpha value is -2.67. The summed E-state index contributed by atoms with van der Waals surface area (Å²) < 4.78 is 7.19. The highest BCUT2D eigenvalue weighted by molar-refractivity contribution is 5.97. The van der Waals surface area contributed by atoms with E-state index in [4.69, 9.17) is 4.74 Å². The number of carbonyl (C=O) groups is 2. The third kappa shape index (κ3) is 4.45. The number of hydrogen-bond acceptors (Lipinski definition) is 4. The quantitative estimate of drug-likeness (QED) is 0.831.